The first kappa shape index (κ1) is 26.7. The van der Waals surface area contributed by atoms with Crippen LogP contribution in [0, 0.1) is 10.1 Å². The van der Waals surface area contributed by atoms with Crippen LogP contribution in [-0.4, -0.2) is 50.0 Å². The number of sulfone groups is 1. The number of non-ortho nitro benzene ring substituents is 1. The lowest BCUT2D eigenvalue weighted by molar-refractivity contribution is -0.384. The highest BCUT2D eigenvalue weighted by Crippen LogP contribution is 2.30. The van der Waals surface area contributed by atoms with Crippen molar-refractivity contribution in [3.8, 4) is 0 Å². The maximum absolute atomic E-state index is 12.9. The number of carbonyl (C=O) groups excluding carboxylic acids is 1. The largest absolute Gasteiger partial charge is 0.298 e. The predicted octanol–water partition coefficient (Wildman–Crippen LogP) is 3.82. The number of anilines is 1. The number of sulfonamides is 1. The zero-order chi connectivity index (χ0) is 26.0. The number of nitrogens with zero attached hydrogens (tertiary/aromatic N) is 3. The Morgan fingerprint density at radius 1 is 1.11 bits per heavy atom. The van der Waals surface area contributed by atoms with Gasteiger partial charge >= 0.3 is 0 Å². The first-order valence-corrected chi connectivity index (χ1v) is 14.1. The fraction of sp³-hybridized carbons (Fsp3) is 0.200. The van der Waals surface area contributed by atoms with Gasteiger partial charge in [0.25, 0.3) is 11.6 Å². The molecule has 15 heteroatoms. The zero-order valence-corrected chi connectivity index (χ0v) is 21.5. The summed E-state index contributed by atoms with van der Waals surface area (Å²) in [5.41, 5.74) is -0.276. The maximum atomic E-state index is 12.9. The standard InChI is InChI=1S/C20H19ClN4O7S3/c1-3-24(4-2)35(31,32)17-11-13(5-10-16(17)21)19(26)23-20-22-12-18(33-20)34(29,30)15-8-6-14(7-9-15)25(27)28/h5-12H,3-4H2,1-2H3,(H,22,23,26). The monoisotopic (exact) mass is 558 g/mol. The number of benzene rings is 2. The van der Waals surface area contributed by atoms with E-state index >= 15 is 0 Å². The van der Waals surface area contributed by atoms with Crippen LogP contribution in [0.1, 0.15) is 24.2 Å². The molecule has 0 fully saturated rings. The first-order chi connectivity index (χ1) is 16.4. The second-order valence-corrected chi connectivity index (χ2v) is 12.4. The molecule has 0 bridgehead atoms. The zero-order valence-electron chi connectivity index (χ0n) is 18.3. The lowest BCUT2D eigenvalue weighted by Crippen LogP contribution is -2.31. The van der Waals surface area contributed by atoms with Gasteiger partial charge in [0.2, 0.25) is 19.9 Å². The average Bonchev–Trinajstić information content (AvgIpc) is 3.29. The number of nitrogens with one attached hydrogen (secondary N) is 1. The van der Waals surface area contributed by atoms with Gasteiger partial charge in [0.15, 0.2) is 5.13 Å². The van der Waals surface area contributed by atoms with Crippen molar-refractivity contribution in [2.45, 2.75) is 27.8 Å². The van der Waals surface area contributed by atoms with Gasteiger partial charge in [0.05, 0.1) is 21.0 Å². The summed E-state index contributed by atoms with van der Waals surface area (Å²) in [5, 5.41) is 13.1. The van der Waals surface area contributed by atoms with Gasteiger partial charge in [-0.2, -0.15) is 4.31 Å². The lowest BCUT2D eigenvalue weighted by Gasteiger charge is -2.19. The minimum atomic E-state index is -4.03. The topological polar surface area (TPSA) is 157 Å². The Labute approximate surface area is 210 Å². The summed E-state index contributed by atoms with van der Waals surface area (Å²) in [4.78, 5) is 26.4. The molecule has 1 N–H and O–H groups in total. The molecule has 3 rings (SSSR count). The van der Waals surface area contributed by atoms with Gasteiger partial charge in [-0.05, 0) is 30.3 Å². The van der Waals surface area contributed by atoms with Crippen molar-refractivity contribution in [2.24, 2.45) is 0 Å². The third-order valence-electron chi connectivity index (χ3n) is 4.84. The van der Waals surface area contributed by atoms with Crippen molar-refractivity contribution in [1.82, 2.24) is 9.29 Å². The van der Waals surface area contributed by atoms with Crippen LogP contribution in [0.5, 0.6) is 0 Å². The molecule has 2 aromatic carbocycles. The summed E-state index contributed by atoms with van der Waals surface area (Å²) < 4.78 is 52.3. The molecule has 35 heavy (non-hydrogen) atoms. The number of hydrogen-bond donors (Lipinski definition) is 1. The van der Waals surface area contributed by atoms with Gasteiger partial charge in [-0.1, -0.05) is 36.8 Å². The first-order valence-electron chi connectivity index (χ1n) is 9.98. The molecule has 0 saturated heterocycles. The van der Waals surface area contributed by atoms with Crippen LogP contribution in [0.3, 0.4) is 0 Å². The number of hydrogen-bond acceptors (Lipinski definition) is 9. The number of rotatable bonds is 9. The number of carbonyl (C=O) groups is 1. The van der Waals surface area contributed by atoms with E-state index in [-0.39, 0.29) is 48.5 Å². The summed E-state index contributed by atoms with van der Waals surface area (Å²) in [5.74, 6) is -0.716. The van der Waals surface area contributed by atoms with Crippen LogP contribution in [0.2, 0.25) is 5.02 Å². The van der Waals surface area contributed by atoms with Crippen molar-refractivity contribution >= 4 is 59.5 Å². The minimum Gasteiger partial charge on any atom is -0.298 e. The molecule has 0 aliphatic heterocycles. The Morgan fingerprint density at radius 3 is 2.31 bits per heavy atom. The molecular weight excluding hydrogens is 540 g/mol. The van der Waals surface area contributed by atoms with E-state index in [4.69, 9.17) is 11.6 Å². The summed E-state index contributed by atoms with van der Waals surface area (Å²) in [6.07, 6.45) is 1.05. The van der Waals surface area contributed by atoms with Gasteiger partial charge in [-0.25, -0.2) is 21.8 Å². The van der Waals surface area contributed by atoms with Gasteiger partial charge in [-0.15, -0.1) is 0 Å². The second kappa shape index (κ2) is 10.4. The van der Waals surface area contributed by atoms with Gasteiger partial charge in [0, 0.05) is 30.8 Å². The van der Waals surface area contributed by atoms with E-state index in [2.05, 4.69) is 10.3 Å². The molecule has 0 radical (unpaired) electrons. The van der Waals surface area contributed by atoms with E-state index in [1.165, 1.54) is 16.4 Å². The van der Waals surface area contributed by atoms with Crippen molar-refractivity contribution in [1.29, 1.82) is 0 Å². The minimum absolute atomic E-state index is 0.0184. The Hall–Kier alpha value is -2.91. The Kier molecular flexibility index (Phi) is 7.91. The van der Waals surface area contributed by atoms with E-state index in [1.54, 1.807) is 13.8 Å². The molecule has 1 heterocycles. The predicted molar refractivity (Wildman–Crippen MR) is 130 cm³/mol. The molecule has 0 saturated carbocycles. The third-order valence-corrected chi connectivity index (χ3v) is 10.5. The summed E-state index contributed by atoms with van der Waals surface area (Å²) in [7, 11) is -7.96. The van der Waals surface area contributed by atoms with Crippen LogP contribution in [0.15, 0.2) is 62.7 Å². The number of aromatic nitrogens is 1. The van der Waals surface area contributed by atoms with Crippen molar-refractivity contribution in [3.63, 3.8) is 0 Å². The summed E-state index contributed by atoms with van der Waals surface area (Å²) in [6, 6.07) is 8.13. The Balaban J connectivity index is 1.85. The molecule has 0 spiro atoms. The number of nitro benzene ring substituents is 1. The van der Waals surface area contributed by atoms with Crippen LogP contribution < -0.4 is 5.32 Å². The summed E-state index contributed by atoms with van der Waals surface area (Å²) >= 11 is 6.77. The lowest BCUT2D eigenvalue weighted by atomic mass is 10.2. The number of halogens is 1. The fourth-order valence-electron chi connectivity index (χ4n) is 3.02. The number of nitro groups is 1. The van der Waals surface area contributed by atoms with Crippen LogP contribution in [-0.2, 0) is 19.9 Å². The van der Waals surface area contributed by atoms with E-state index in [0.29, 0.717) is 11.3 Å². The molecule has 0 unspecified atom stereocenters. The Morgan fingerprint density at radius 2 is 1.74 bits per heavy atom. The maximum Gasteiger partial charge on any atom is 0.269 e. The third kappa shape index (κ3) is 5.51. The number of thiazole rings is 1. The molecule has 3 aromatic rings. The van der Waals surface area contributed by atoms with Crippen molar-refractivity contribution < 1.29 is 26.6 Å². The van der Waals surface area contributed by atoms with Gasteiger partial charge < -0.3 is 0 Å². The van der Waals surface area contributed by atoms with Crippen LogP contribution in [0.4, 0.5) is 10.8 Å². The molecular formula is C20H19ClN4O7S3. The quantitative estimate of drug-likeness (QED) is 0.307. The average molecular weight is 559 g/mol. The molecule has 0 aliphatic carbocycles. The molecule has 186 valence electrons. The molecule has 0 atom stereocenters. The van der Waals surface area contributed by atoms with E-state index in [9.17, 15) is 31.7 Å². The Bertz CT molecular complexity index is 1480. The van der Waals surface area contributed by atoms with E-state index < -0.39 is 30.7 Å². The van der Waals surface area contributed by atoms with E-state index in [1.807, 2.05) is 0 Å². The smallest absolute Gasteiger partial charge is 0.269 e. The second-order valence-electron chi connectivity index (χ2n) is 6.93. The van der Waals surface area contributed by atoms with Crippen molar-refractivity contribution in [2.75, 3.05) is 18.4 Å². The van der Waals surface area contributed by atoms with Crippen LogP contribution in [0.25, 0.3) is 0 Å². The normalized spacial score (nSPS) is 12.0. The number of amides is 1. The van der Waals surface area contributed by atoms with Crippen LogP contribution >= 0.6 is 22.9 Å². The molecule has 1 aromatic heterocycles. The highest BCUT2D eigenvalue weighted by Gasteiger charge is 2.26. The highest BCUT2D eigenvalue weighted by molar-refractivity contribution is 7.93. The molecule has 0 aliphatic rings. The SMILES string of the molecule is CCN(CC)S(=O)(=O)c1cc(C(=O)Nc2ncc(S(=O)(=O)c3ccc([N+](=O)[O-])cc3)s2)ccc1Cl. The molecule has 11 nitrogen and oxygen atoms in total. The van der Waals surface area contributed by atoms with Gasteiger partial charge in [0.1, 0.15) is 9.10 Å². The highest BCUT2D eigenvalue weighted by atomic mass is 35.5. The summed E-state index contributed by atoms with van der Waals surface area (Å²) in [6.45, 7) is 3.79. The van der Waals surface area contributed by atoms with E-state index in [0.717, 1.165) is 36.5 Å². The van der Waals surface area contributed by atoms with Gasteiger partial charge in [-0.3, -0.25) is 20.2 Å². The molecule has 1 amide bonds. The van der Waals surface area contributed by atoms with Crippen molar-refractivity contribution in [3.05, 3.63) is 69.4 Å². The fourth-order valence-corrected chi connectivity index (χ4v) is 7.40.